The summed E-state index contributed by atoms with van der Waals surface area (Å²) >= 11 is 0. The van der Waals surface area contributed by atoms with E-state index in [4.69, 9.17) is 53.5 Å². The Hall–Kier alpha value is -2.16. The number of hydrogen-bond donors (Lipinski definition) is 0. The lowest BCUT2D eigenvalue weighted by atomic mass is 10.4. The van der Waals surface area contributed by atoms with Gasteiger partial charge < -0.3 is 53.5 Å². The summed E-state index contributed by atoms with van der Waals surface area (Å²) in [6, 6.07) is 62.7. The second-order valence-corrected chi connectivity index (χ2v) is 73.1. The van der Waals surface area contributed by atoms with Crippen LogP contribution in [-0.4, -0.2) is 121 Å². The van der Waals surface area contributed by atoms with Crippen LogP contribution in [0.4, 0.5) is 0 Å². The third-order valence-electron chi connectivity index (χ3n) is 13.0. The Morgan fingerprint density at radius 2 is 0.412 bits per heavy atom. The maximum absolute atomic E-state index is 8.40. The van der Waals surface area contributed by atoms with E-state index in [0.29, 0.717) is 0 Å². The quantitative estimate of drug-likeness (QED) is 0.0373. The van der Waals surface area contributed by atoms with Crippen LogP contribution < -0.4 is 31.1 Å². The van der Waals surface area contributed by atoms with Gasteiger partial charge in [-0.25, -0.2) is 0 Å². The van der Waals surface area contributed by atoms with E-state index in [1.54, 1.807) is 0 Å². The van der Waals surface area contributed by atoms with Gasteiger partial charge in [-0.15, -0.1) is 0 Å². The Labute approximate surface area is 527 Å². The summed E-state index contributed by atoms with van der Waals surface area (Å²) in [5, 5.41) is 5.72. The monoisotopic (exact) mass is 1390 g/mol. The molecule has 13 nitrogen and oxygen atoms in total. The lowest BCUT2D eigenvalue weighted by Crippen LogP contribution is -2.79. The van der Waals surface area contributed by atoms with E-state index in [1.807, 2.05) is 48.5 Å². The van der Waals surface area contributed by atoms with Crippen LogP contribution in [-0.2, 0) is 53.5 Å². The molecule has 0 bridgehead atoms. The van der Waals surface area contributed by atoms with Crippen LogP contribution in [0.25, 0.3) is 0 Å². The molecule has 0 spiro atoms. The molecule has 2 atom stereocenters. The molecule has 6 aromatic rings. The highest BCUT2D eigenvalue weighted by Crippen LogP contribution is 2.33. The molecule has 464 valence electrons. The summed E-state index contributed by atoms with van der Waals surface area (Å²) in [5.74, 6) is 0. The second-order valence-electron chi connectivity index (χ2n) is 26.0. The van der Waals surface area contributed by atoms with Crippen molar-refractivity contribution in [3.63, 3.8) is 0 Å². The maximum atomic E-state index is 8.40. The minimum Gasteiger partial charge on any atom is -0.440 e. The smallest absolute Gasteiger partial charge is 0.390 e. The average Bonchev–Trinajstić information content (AvgIpc) is 1.05. The third kappa shape index (κ3) is 20.9. The van der Waals surface area contributed by atoms with Crippen LogP contribution in [0.1, 0.15) is 0 Å². The highest BCUT2D eigenvalue weighted by atomic mass is 28.5. The Bertz CT molecular complexity index is 2930. The molecule has 0 fully saturated rings. The van der Waals surface area contributed by atoms with Crippen molar-refractivity contribution >= 4 is 152 Å². The van der Waals surface area contributed by atoms with Crippen LogP contribution in [0, 0.1) is 0 Å². The van der Waals surface area contributed by atoms with E-state index in [9.17, 15) is 0 Å². The highest BCUT2D eigenvalue weighted by Gasteiger charge is 2.61. The van der Waals surface area contributed by atoms with Crippen molar-refractivity contribution in [1.82, 2.24) is 0 Å². The molecule has 0 aromatic heterocycles. The normalized spacial score (nSPS) is 15.2. The number of rotatable bonds is 32. The molecular weight excluding hydrogens is 1300 g/mol. The molecule has 2 unspecified atom stereocenters. The van der Waals surface area contributed by atoms with Gasteiger partial charge in [-0.3, -0.25) is 0 Å². The minimum atomic E-state index is -4.03. The average molecular weight is 1400 g/mol. The molecule has 0 amide bonds. The molecule has 0 heterocycles. The summed E-state index contributed by atoms with van der Waals surface area (Å²) in [7, 11) is -41.0. The van der Waals surface area contributed by atoms with Crippen LogP contribution in [0.2, 0.25) is 144 Å². The molecule has 0 aliphatic heterocycles. The van der Waals surface area contributed by atoms with Gasteiger partial charge in [0, 0.05) is 0 Å². The van der Waals surface area contributed by atoms with Crippen molar-refractivity contribution in [2.45, 2.75) is 144 Å². The molecule has 85 heavy (non-hydrogen) atoms. The predicted molar refractivity (Wildman–Crippen MR) is 383 cm³/mol. The van der Waals surface area contributed by atoms with Gasteiger partial charge in [0.15, 0.2) is 18.1 Å². The van der Waals surface area contributed by atoms with Gasteiger partial charge in [0.25, 0.3) is 0 Å². The van der Waals surface area contributed by atoms with Gasteiger partial charge in [-0.05, 0) is 175 Å². The van der Waals surface area contributed by atoms with Crippen molar-refractivity contribution in [3.05, 3.63) is 182 Å². The zero-order valence-electron chi connectivity index (χ0n) is 54.8. The van der Waals surface area contributed by atoms with Gasteiger partial charge in [0.05, 0.1) is 0 Å². The Kier molecular flexibility index (Phi) is 24.2. The lowest BCUT2D eigenvalue weighted by Gasteiger charge is -2.48. The fourth-order valence-electron chi connectivity index (χ4n) is 11.8. The number of benzene rings is 6. The third-order valence-corrected chi connectivity index (χ3v) is 66.7. The van der Waals surface area contributed by atoms with E-state index < -0.39 is 121 Å². The lowest BCUT2D eigenvalue weighted by molar-refractivity contribution is 0.254. The van der Waals surface area contributed by atoms with E-state index in [1.165, 1.54) is 0 Å². The highest BCUT2D eigenvalue weighted by molar-refractivity contribution is 7.09. The standard InChI is InChI=1S/C58H98O13Si14/c1-72(2)59-74(5,6)61-75(7,8)62-76(9,10)63-77(11,12)64-78(13,14)65-79(15,16)66-80(17,18)67-81(19,20)68-82(21,53-41-29-23-30-42-53)69-83(22,54-43-31-24-32-44-54)70-85(57-49-37-27-38-50-57,58-51-39-28-40-52-58)71-84(60-73(3)4,55-45-33-25-34-46-55)56-47-35-26-36-48-56/h23-52,72-73H,1-22H3. The first-order chi connectivity index (χ1) is 39.2. The summed E-state index contributed by atoms with van der Waals surface area (Å²) in [5.41, 5.74) is 0. The van der Waals surface area contributed by atoms with Crippen LogP contribution in [0.5, 0.6) is 0 Å². The first-order valence-electron chi connectivity index (χ1n) is 29.6. The predicted octanol–water partition coefficient (Wildman–Crippen LogP) is 11.3. The minimum absolute atomic E-state index is 0.928. The summed E-state index contributed by atoms with van der Waals surface area (Å²) in [6.07, 6.45) is 0. The first kappa shape index (κ1) is 71.9. The Balaban J connectivity index is 1.37. The maximum Gasteiger partial charge on any atom is 0.390 e. The van der Waals surface area contributed by atoms with Gasteiger partial charge in [-0.1, -0.05) is 182 Å². The largest absolute Gasteiger partial charge is 0.440 e. The fourth-order valence-corrected chi connectivity index (χ4v) is 79.9. The van der Waals surface area contributed by atoms with Crippen LogP contribution in [0.3, 0.4) is 0 Å². The molecule has 27 heteroatoms. The SMILES string of the molecule is C[SiH](C)O[Si](C)(C)O[Si](C)(C)O[Si](C)(C)O[Si](C)(C)O[Si](C)(C)O[Si](C)(C)O[Si](C)(C)O[Si](C)(C)O[Si](C)(O[Si](C)(O[Si](O[Si](O[SiH](C)C)(c1ccccc1)c1ccccc1)(c1ccccc1)c1ccccc1)c1ccccc1)c1ccccc1. The molecule has 0 saturated heterocycles. The molecule has 0 radical (unpaired) electrons. The van der Waals surface area contributed by atoms with Crippen LogP contribution >= 0.6 is 0 Å². The van der Waals surface area contributed by atoms with Gasteiger partial charge in [0.2, 0.25) is 0 Å². The van der Waals surface area contributed by atoms with Crippen molar-refractivity contribution in [2.24, 2.45) is 0 Å². The van der Waals surface area contributed by atoms with E-state index in [-0.39, 0.29) is 0 Å². The summed E-state index contributed by atoms with van der Waals surface area (Å²) in [4.78, 5) is 0. The summed E-state index contributed by atoms with van der Waals surface area (Å²) in [6.45, 7) is 46.4. The topological polar surface area (TPSA) is 120 Å². The van der Waals surface area contributed by atoms with Crippen molar-refractivity contribution < 1.29 is 53.5 Å². The van der Waals surface area contributed by atoms with E-state index >= 15 is 0 Å². The van der Waals surface area contributed by atoms with Crippen molar-refractivity contribution in [1.29, 1.82) is 0 Å². The van der Waals surface area contributed by atoms with Gasteiger partial charge in [0.1, 0.15) is 0 Å². The molecular formula is C58H98O13Si14. The van der Waals surface area contributed by atoms with Gasteiger partial charge in [-0.2, -0.15) is 0 Å². The molecule has 0 N–H and O–H groups in total. The summed E-state index contributed by atoms with van der Waals surface area (Å²) < 4.78 is 95.6. The van der Waals surface area contributed by atoms with Gasteiger partial charge >= 0.3 is 103 Å². The van der Waals surface area contributed by atoms with Crippen molar-refractivity contribution in [2.75, 3.05) is 0 Å². The zero-order chi connectivity index (χ0) is 63.0. The second kappa shape index (κ2) is 28.6. The Morgan fingerprint density at radius 3 is 0.671 bits per heavy atom. The first-order valence-corrected chi connectivity index (χ1v) is 66.0. The van der Waals surface area contributed by atoms with E-state index in [2.05, 4.69) is 277 Å². The Morgan fingerprint density at radius 1 is 0.200 bits per heavy atom. The molecule has 0 saturated carbocycles. The molecule has 6 aromatic carbocycles. The number of hydrogen-bond acceptors (Lipinski definition) is 13. The van der Waals surface area contributed by atoms with Crippen LogP contribution in [0.15, 0.2) is 182 Å². The van der Waals surface area contributed by atoms with Crippen molar-refractivity contribution in [3.8, 4) is 0 Å². The van der Waals surface area contributed by atoms with E-state index in [0.717, 1.165) is 31.1 Å². The zero-order valence-corrected chi connectivity index (χ0v) is 69.1. The molecule has 0 aliphatic rings. The molecule has 6 rings (SSSR count). The fraction of sp³-hybridized carbons (Fsp3) is 0.379. The molecule has 0 aliphatic carbocycles.